The van der Waals surface area contributed by atoms with Gasteiger partial charge in [-0.15, -0.1) is 7.92 Å². The van der Waals surface area contributed by atoms with Crippen LogP contribution in [0.1, 0.15) is 87.0 Å². The molecule has 0 spiro atoms. The monoisotopic (exact) mass is 316 g/mol. The van der Waals surface area contributed by atoms with Gasteiger partial charge in [0.25, 0.3) is 0 Å². The van der Waals surface area contributed by atoms with Crippen LogP contribution in [-0.2, 0) is 0 Å². The van der Waals surface area contributed by atoms with Crippen LogP contribution in [0.2, 0.25) is 19.0 Å². The molecule has 1 fully saturated rings. The highest BCUT2D eigenvalue weighted by atomic mass is 31.1. The highest BCUT2D eigenvalue weighted by molar-refractivity contribution is 7.56. The lowest BCUT2D eigenvalue weighted by molar-refractivity contribution is 0.717. The molecule has 0 nitrogen and oxygen atoms in total. The summed E-state index contributed by atoms with van der Waals surface area (Å²) < 4.78 is 0. The van der Waals surface area contributed by atoms with Gasteiger partial charge in [0.2, 0.25) is 0 Å². The van der Waals surface area contributed by atoms with Gasteiger partial charge in [0.15, 0.2) is 0 Å². The first kappa shape index (κ1) is 26.4. The molecule has 1 aliphatic rings. The van der Waals surface area contributed by atoms with E-state index in [1.165, 1.54) is 69.8 Å². The average molecular weight is 316 g/mol. The zero-order chi connectivity index (χ0) is 16.9. The zero-order valence-electron chi connectivity index (χ0n) is 16.8. The average Bonchev–Trinajstić information content (AvgIpc) is 2.54. The van der Waals surface area contributed by atoms with Crippen LogP contribution in [0.5, 0.6) is 0 Å². The van der Waals surface area contributed by atoms with Gasteiger partial charge in [0.05, 0.1) is 0 Å². The van der Waals surface area contributed by atoms with Gasteiger partial charge in [0, 0.05) is 0 Å². The SMILES string of the molecule is CC.CC.CCCB1CCCCC1.CCCP(C)CCC. The van der Waals surface area contributed by atoms with E-state index in [-0.39, 0.29) is 0 Å². The van der Waals surface area contributed by atoms with E-state index in [0.717, 1.165) is 6.71 Å². The summed E-state index contributed by atoms with van der Waals surface area (Å²) in [5.74, 6) is 0. The molecule has 0 unspecified atom stereocenters. The Morgan fingerprint density at radius 1 is 0.714 bits per heavy atom. The van der Waals surface area contributed by atoms with Gasteiger partial charge in [0.1, 0.15) is 6.71 Å². The van der Waals surface area contributed by atoms with Crippen LogP contribution < -0.4 is 0 Å². The number of hydrogen-bond acceptors (Lipinski definition) is 0. The number of hydrogen-bond donors (Lipinski definition) is 0. The van der Waals surface area contributed by atoms with Gasteiger partial charge in [-0.05, 0) is 19.0 Å². The maximum Gasteiger partial charge on any atom is 0.139 e. The van der Waals surface area contributed by atoms with E-state index >= 15 is 0 Å². The van der Waals surface area contributed by atoms with Crippen LogP contribution in [0, 0.1) is 0 Å². The van der Waals surface area contributed by atoms with Crippen molar-refractivity contribution >= 4 is 14.6 Å². The van der Waals surface area contributed by atoms with E-state index in [0.29, 0.717) is 7.92 Å². The standard InChI is InChI=1S/C8H17B.C7H17P.2C2H6/c1-2-6-9-7-4-3-5-8-9;1-4-6-8(3)7-5-2;2*1-2/h2-8H2,1H3;4-7H2,1-3H3;2*1-2H3. The smallest absolute Gasteiger partial charge is 0.110 e. The molecule has 0 radical (unpaired) electrons. The molecule has 0 N–H and O–H groups in total. The molecule has 0 aromatic rings. The Morgan fingerprint density at radius 2 is 1.14 bits per heavy atom. The summed E-state index contributed by atoms with van der Waals surface area (Å²) in [5.41, 5.74) is 0. The van der Waals surface area contributed by atoms with Gasteiger partial charge in [-0.25, -0.2) is 0 Å². The largest absolute Gasteiger partial charge is 0.139 e. The summed E-state index contributed by atoms with van der Waals surface area (Å²) in [6.07, 6.45) is 16.1. The van der Waals surface area contributed by atoms with Gasteiger partial charge in [-0.2, -0.15) is 0 Å². The van der Waals surface area contributed by atoms with E-state index in [1.807, 2.05) is 27.7 Å². The predicted molar refractivity (Wildman–Crippen MR) is 110 cm³/mol. The molecule has 0 bridgehead atoms. The predicted octanol–water partition coefficient (Wildman–Crippen LogP) is 8.05. The van der Waals surface area contributed by atoms with Crippen LogP contribution >= 0.6 is 7.92 Å². The summed E-state index contributed by atoms with van der Waals surface area (Å²) in [6.45, 7) is 18.4. The van der Waals surface area contributed by atoms with Gasteiger partial charge >= 0.3 is 0 Å². The molecule has 0 aromatic carbocycles. The minimum absolute atomic E-state index is 0.419. The second-order valence-electron chi connectivity index (χ2n) is 5.60. The first-order chi connectivity index (χ1) is 10.2. The van der Waals surface area contributed by atoms with Crippen LogP contribution in [0.25, 0.3) is 0 Å². The first-order valence-corrected chi connectivity index (χ1v) is 12.1. The van der Waals surface area contributed by atoms with E-state index in [4.69, 9.17) is 0 Å². The Kier molecular flexibility index (Phi) is 32.0. The summed E-state index contributed by atoms with van der Waals surface area (Å²) in [4.78, 5) is 0. The van der Waals surface area contributed by atoms with Crippen molar-refractivity contribution in [3.8, 4) is 0 Å². The molecule has 0 aromatic heterocycles. The molecular weight excluding hydrogens is 270 g/mol. The third kappa shape index (κ3) is 22.9. The van der Waals surface area contributed by atoms with Crippen LogP contribution in [0.15, 0.2) is 0 Å². The molecular formula is C19H46BP. The third-order valence-corrected chi connectivity index (χ3v) is 6.05. The summed E-state index contributed by atoms with van der Waals surface area (Å²) in [5, 5.41) is 0. The zero-order valence-corrected chi connectivity index (χ0v) is 17.7. The summed E-state index contributed by atoms with van der Waals surface area (Å²) in [7, 11) is 0.419. The number of rotatable bonds is 6. The first-order valence-electron chi connectivity index (χ1n) is 9.93. The maximum atomic E-state index is 2.41. The highest BCUT2D eigenvalue weighted by Gasteiger charge is 2.14. The normalized spacial score (nSPS) is 13.3. The molecule has 0 atom stereocenters. The van der Waals surface area contributed by atoms with Crippen LogP contribution in [-0.4, -0.2) is 25.7 Å². The Balaban J connectivity index is -0.000000251. The Hall–Kier alpha value is 0.495. The van der Waals surface area contributed by atoms with Crippen molar-refractivity contribution in [3.63, 3.8) is 0 Å². The fourth-order valence-corrected chi connectivity index (χ4v) is 4.51. The Labute approximate surface area is 140 Å². The quantitative estimate of drug-likeness (QED) is 0.343. The molecule has 130 valence electrons. The Bertz CT molecular complexity index is 136. The molecule has 0 saturated carbocycles. The van der Waals surface area contributed by atoms with Crippen molar-refractivity contribution in [1.29, 1.82) is 0 Å². The molecule has 21 heavy (non-hydrogen) atoms. The van der Waals surface area contributed by atoms with E-state index in [2.05, 4.69) is 27.4 Å². The maximum absolute atomic E-state index is 2.41. The molecule has 1 aliphatic heterocycles. The Morgan fingerprint density at radius 3 is 1.48 bits per heavy atom. The molecule has 2 heteroatoms. The van der Waals surface area contributed by atoms with Gasteiger partial charge < -0.3 is 0 Å². The third-order valence-electron chi connectivity index (χ3n) is 3.63. The topological polar surface area (TPSA) is 0 Å². The van der Waals surface area contributed by atoms with Crippen molar-refractivity contribution in [2.24, 2.45) is 0 Å². The lowest BCUT2D eigenvalue weighted by Crippen LogP contribution is -2.14. The van der Waals surface area contributed by atoms with Gasteiger partial charge in [-0.1, -0.05) is 106 Å². The van der Waals surface area contributed by atoms with E-state index in [9.17, 15) is 0 Å². The highest BCUT2D eigenvalue weighted by Crippen LogP contribution is 2.31. The van der Waals surface area contributed by atoms with Crippen molar-refractivity contribution in [1.82, 2.24) is 0 Å². The molecule has 0 amide bonds. The molecule has 1 rings (SSSR count). The lowest BCUT2D eigenvalue weighted by Gasteiger charge is -2.16. The second-order valence-corrected chi connectivity index (χ2v) is 8.20. The van der Waals surface area contributed by atoms with E-state index < -0.39 is 0 Å². The summed E-state index contributed by atoms with van der Waals surface area (Å²) >= 11 is 0. The van der Waals surface area contributed by atoms with Crippen molar-refractivity contribution in [2.45, 2.75) is 106 Å². The van der Waals surface area contributed by atoms with Crippen molar-refractivity contribution < 1.29 is 0 Å². The minimum Gasteiger partial charge on any atom is -0.110 e. The second kappa shape index (κ2) is 25.4. The fraction of sp³-hybridized carbons (Fsp3) is 1.00. The molecule has 0 aliphatic carbocycles. The van der Waals surface area contributed by atoms with Crippen LogP contribution in [0.3, 0.4) is 0 Å². The molecule has 1 saturated heterocycles. The van der Waals surface area contributed by atoms with Crippen molar-refractivity contribution in [2.75, 3.05) is 19.0 Å². The lowest BCUT2D eigenvalue weighted by atomic mass is 9.39. The fourth-order valence-electron chi connectivity index (χ4n) is 2.76. The van der Waals surface area contributed by atoms with Gasteiger partial charge in [-0.3, -0.25) is 0 Å². The minimum atomic E-state index is 0.419. The van der Waals surface area contributed by atoms with E-state index in [1.54, 1.807) is 0 Å². The molecule has 1 heterocycles. The van der Waals surface area contributed by atoms with Crippen molar-refractivity contribution in [3.05, 3.63) is 0 Å². The summed E-state index contributed by atoms with van der Waals surface area (Å²) in [6, 6.07) is 0. The van der Waals surface area contributed by atoms with Crippen LogP contribution in [0.4, 0.5) is 0 Å².